The Morgan fingerprint density at radius 1 is 1.08 bits per heavy atom. The number of allylic oxidation sites excluding steroid dienone is 2. The summed E-state index contributed by atoms with van der Waals surface area (Å²) >= 11 is 0.994. The number of hydrogen-bond donors (Lipinski definition) is 1. The molecule has 0 bridgehead atoms. The minimum Gasteiger partial charge on any atom is -0.494 e. The second-order valence-corrected chi connectivity index (χ2v) is 10.3. The fraction of sp³-hybridized carbons (Fsp3) is 0.345. The van der Waals surface area contributed by atoms with Gasteiger partial charge < -0.3 is 14.0 Å². The van der Waals surface area contributed by atoms with E-state index in [2.05, 4.69) is 41.7 Å². The Morgan fingerprint density at radius 2 is 1.95 bits per heavy atom. The van der Waals surface area contributed by atoms with Gasteiger partial charge in [0.25, 0.3) is 5.24 Å². The summed E-state index contributed by atoms with van der Waals surface area (Å²) in [4.78, 5) is 23.4. The van der Waals surface area contributed by atoms with Gasteiger partial charge in [-0.1, -0.05) is 67.1 Å². The van der Waals surface area contributed by atoms with Crippen molar-refractivity contribution in [3.8, 4) is 5.75 Å². The number of ether oxygens (including phenoxy) is 2. The van der Waals surface area contributed by atoms with Crippen molar-refractivity contribution in [2.45, 2.75) is 49.4 Å². The van der Waals surface area contributed by atoms with E-state index in [1.807, 2.05) is 48.5 Å². The Morgan fingerprint density at radius 3 is 2.78 bits per heavy atom. The van der Waals surface area contributed by atoms with Crippen molar-refractivity contribution in [1.82, 2.24) is 10.5 Å². The average molecular weight is 519 g/mol. The lowest BCUT2D eigenvalue weighted by Gasteiger charge is -2.37. The molecule has 192 valence electrons. The van der Waals surface area contributed by atoms with Crippen LogP contribution >= 0.6 is 11.8 Å². The number of fused-ring (bicyclic) bond motifs is 1. The highest BCUT2D eigenvalue weighted by Gasteiger charge is 2.42. The molecule has 5 rings (SSSR count). The van der Waals surface area contributed by atoms with Gasteiger partial charge in [0.2, 0.25) is 5.91 Å². The van der Waals surface area contributed by atoms with Crippen LogP contribution in [-0.2, 0) is 14.9 Å². The van der Waals surface area contributed by atoms with Gasteiger partial charge in [0.05, 0.1) is 18.1 Å². The number of thioether (sulfide) groups is 1. The van der Waals surface area contributed by atoms with Crippen LogP contribution in [0.5, 0.6) is 5.75 Å². The number of amides is 2. The standard InChI is InChI=1S/C29H30N2O5S/c1-2-15-29(26-22-12-3-4-13-23(22)36-31-26)16-6-5-14-24(29)35-18-8-7-17-34-21-11-9-10-20(19-21)25-27(32)30-28(33)37-25/h3-6,9-14,16,19,24-25H,2,7-8,15,17-18H2,1H3,(H,30,32,33). The number of nitrogens with zero attached hydrogens (tertiary/aromatic N) is 1. The Hall–Kier alpha value is -3.36. The van der Waals surface area contributed by atoms with Crippen molar-refractivity contribution < 1.29 is 23.6 Å². The van der Waals surface area contributed by atoms with Crippen molar-refractivity contribution in [2.24, 2.45) is 0 Å². The zero-order valence-corrected chi connectivity index (χ0v) is 21.5. The zero-order valence-electron chi connectivity index (χ0n) is 20.7. The average Bonchev–Trinajstić information content (AvgIpc) is 3.50. The second kappa shape index (κ2) is 11.4. The van der Waals surface area contributed by atoms with Crippen molar-refractivity contribution in [2.75, 3.05) is 13.2 Å². The van der Waals surface area contributed by atoms with Crippen LogP contribution in [0.3, 0.4) is 0 Å². The van der Waals surface area contributed by atoms with Gasteiger partial charge in [0.15, 0.2) is 5.58 Å². The van der Waals surface area contributed by atoms with Gasteiger partial charge in [-0.25, -0.2) is 0 Å². The second-order valence-electron chi connectivity index (χ2n) is 9.26. The largest absolute Gasteiger partial charge is 0.494 e. The van der Waals surface area contributed by atoms with Crippen molar-refractivity contribution in [1.29, 1.82) is 0 Å². The van der Waals surface area contributed by atoms with Gasteiger partial charge in [-0.05, 0) is 60.9 Å². The third-order valence-corrected chi connectivity index (χ3v) is 7.77. The van der Waals surface area contributed by atoms with E-state index >= 15 is 0 Å². The summed E-state index contributed by atoms with van der Waals surface area (Å²) in [5, 5.41) is 7.00. The Bertz CT molecular complexity index is 1330. The molecular weight excluding hydrogens is 488 g/mol. The first kappa shape index (κ1) is 25.3. The molecule has 2 aromatic carbocycles. The smallest absolute Gasteiger partial charge is 0.286 e. The molecule has 1 aromatic heterocycles. The van der Waals surface area contributed by atoms with Crippen molar-refractivity contribution >= 4 is 33.9 Å². The molecule has 1 aliphatic carbocycles. The van der Waals surface area contributed by atoms with Gasteiger partial charge in [-0.3, -0.25) is 14.9 Å². The van der Waals surface area contributed by atoms with Gasteiger partial charge in [0, 0.05) is 12.0 Å². The maximum atomic E-state index is 12.0. The molecule has 3 atom stereocenters. The van der Waals surface area contributed by atoms with E-state index < -0.39 is 5.25 Å². The first-order valence-corrected chi connectivity index (χ1v) is 13.6. The topological polar surface area (TPSA) is 90.7 Å². The number of aromatic nitrogens is 1. The summed E-state index contributed by atoms with van der Waals surface area (Å²) in [7, 11) is 0. The van der Waals surface area contributed by atoms with Gasteiger partial charge in [0.1, 0.15) is 16.7 Å². The molecule has 0 radical (unpaired) electrons. The van der Waals surface area contributed by atoms with E-state index in [0.717, 1.165) is 59.7 Å². The van der Waals surface area contributed by atoms with Gasteiger partial charge in [-0.15, -0.1) is 0 Å². The van der Waals surface area contributed by atoms with Crippen LogP contribution < -0.4 is 10.1 Å². The van der Waals surface area contributed by atoms with Crippen molar-refractivity contribution in [3.63, 3.8) is 0 Å². The SMILES string of the molecule is CCCC1(c2noc3ccccc23)C=CC=CC1OCCCCOc1cccc(C2SC(=O)NC2=O)c1. The minimum absolute atomic E-state index is 0.138. The number of unbranched alkanes of at least 4 members (excludes halogenated alkanes) is 1. The molecule has 7 nitrogen and oxygen atoms in total. The zero-order chi connectivity index (χ0) is 25.7. The highest BCUT2D eigenvalue weighted by molar-refractivity contribution is 8.15. The van der Waals surface area contributed by atoms with Crippen LogP contribution in [0.15, 0.2) is 77.4 Å². The predicted molar refractivity (Wildman–Crippen MR) is 144 cm³/mol. The molecule has 1 saturated heterocycles. The van der Waals surface area contributed by atoms with E-state index in [1.54, 1.807) is 0 Å². The lowest BCUT2D eigenvalue weighted by Crippen LogP contribution is -2.40. The van der Waals surface area contributed by atoms with Gasteiger partial charge >= 0.3 is 0 Å². The molecule has 1 N–H and O–H groups in total. The monoisotopic (exact) mass is 518 g/mol. The number of nitrogens with one attached hydrogen (secondary N) is 1. The minimum atomic E-state index is -0.521. The van der Waals surface area contributed by atoms with Crippen LogP contribution in [-0.4, -0.2) is 35.6 Å². The number of benzene rings is 2. The molecular formula is C29H30N2O5S. The predicted octanol–water partition coefficient (Wildman–Crippen LogP) is 6.26. The summed E-state index contributed by atoms with van der Waals surface area (Å²) in [5.74, 6) is 0.403. The van der Waals surface area contributed by atoms with E-state index in [-0.39, 0.29) is 22.7 Å². The molecule has 3 unspecified atom stereocenters. The van der Waals surface area contributed by atoms with E-state index in [9.17, 15) is 9.59 Å². The number of hydrogen-bond acceptors (Lipinski definition) is 7. The van der Waals surface area contributed by atoms with Crippen LogP contribution in [0.2, 0.25) is 0 Å². The highest BCUT2D eigenvalue weighted by atomic mass is 32.2. The number of imide groups is 1. The third-order valence-electron chi connectivity index (χ3n) is 6.73. The third kappa shape index (κ3) is 5.36. The molecule has 0 saturated carbocycles. The molecule has 3 aromatic rings. The first-order chi connectivity index (χ1) is 18.1. The lowest BCUT2D eigenvalue weighted by atomic mass is 9.72. The Labute approximate surface area is 220 Å². The van der Waals surface area contributed by atoms with E-state index in [0.29, 0.717) is 19.0 Å². The molecule has 1 fully saturated rings. The maximum absolute atomic E-state index is 12.0. The lowest BCUT2D eigenvalue weighted by molar-refractivity contribution is -0.119. The number of rotatable bonds is 11. The van der Waals surface area contributed by atoms with Crippen LogP contribution in [0.25, 0.3) is 11.0 Å². The molecule has 37 heavy (non-hydrogen) atoms. The van der Waals surface area contributed by atoms with E-state index in [4.69, 9.17) is 14.0 Å². The Balaban J connectivity index is 1.16. The molecule has 2 heterocycles. The van der Waals surface area contributed by atoms with E-state index in [1.165, 1.54) is 0 Å². The summed E-state index contributed by atoms with van der Waals surface area (Å²) in [6, 6.07) is 15.3. The normalized spacial score (nSPS) is 23.1. The fourth-order valence-electron chi connectivity index (χ4n) is 5.00. The number of para-hydroxylation sites is 1. The maximum Gasteiger partial charge on any atom is 0.286 e. The van der Waals surface area contributed by atoms with Gasteiger partial charge in [-0.2, -0.15) is 0 Å². The Kier molecular flexibility index (Phi) is 7.76. The number of carbonyl (C=O) groups excluding carboxylic acids is 2. The molecule has 0 spiro atoms. The quantitative estimate of drug-likeness (QED) is 0.300. The number of carbonyl (C=O) groups is 2. The molecule has 2 aliphatic rings. The van der Waals surface area contributed by atoms with Crippen LogP contribution in [0.1, 0.15) is 49.1 Å². The highest BCUT2D eigenvalue weighted by Crippen LogP contribution is 2.42. The summed E-state index contributed by atoms with van der Waals surface area (Å²) in [5.41, 5.74) is 2.10. The van der Waals surface area contributed by atoms with Crippen LogP contribution in [0.4, 0.5) is 4.79 Å². The first-order valence-electron chi connectivity index (χ1n) is 12.7. The van der Waals surface area contributed by atoms with Crippen molar-refractivity contribution in [3.05, 3.63) is 84.1 Å². The molecule has 1 aliphatic heterocycles. The molecule has 2 amide bonds. The van der Waals surface area contributed by atoms with Crippen LogP contribution in [0, 0.1) is 0 Å². The summed E-state index contributed by atoms with van der Waals surface area (Å²) < 4.78 is 18.0. The molecule has 8 heteroatoms. The fourth-order valence-corrected chi connectivity index (χ4v) is 5.83. The summed E-state index contributed by atoms with van der Waals surface area (Å²) in [6.45, 7) is 3.30. The summed E-state index contributed by atoms with van der Waals surface area (Å²) in [6.07, 6.45) is 11.8.